The summed E-state index contributed by atoms with van der Waals surface area (Å²) in [7, 11) is 0. The molecule has 1 aliphatic rings. The highest BCUT2D eigenvalue weighted by atomic mass is 16.4. The molecule has 0 heterocycles. The number of aliphatic carboxylic acids is 1. The molecule has 0 amide bonds. The number of carboxylic acid groups (broad SMARTS) is 1. The summed E-state index contributed by atoms with van der Waals surface area (Å²) in [4.78, 5) is 10.5. The molecule has 1 rings (SSSR count). The van der Waals surface area contributed by atoms with Gasteiger partial charge < -0.3 is 10.8 Å². The third-order valence-electron chi connectivity index (χ3n) is 3.04. The fourth-order valence-corrected chi connectivity index (χ4v) is 2.02. The topological polar surface area (TPSA) is 63.3 Å². The molecule has 0 aromatic carbocycles. The van der Waals surface area contributed by atoms with Gasteiger partial charge >= 0.3 is 5.97 Å². The molecule has 1 unspecified atom stereocenters. The molecule has 1 atom stereocenters. The van der Waals surface area contributed by atoms with Gasteiger partial charge in [-0.25, -0.2) is 0 Å². The SMILES string of the molecule is CC1CCC(CC(N)C(=O)O)CC1. The molecule has 1 fully saturated rings. The molecular weight excluding hydrogens is 166 g/mol. The second-order valence-electron chi connectivity index (χ2n) is 4.31. The van der Waals surface area contributed by atoms with Gasteiger partial charge in [0.05, 0.1) is 0 Å². The standard InChI is InChI=1S/C10H19NO2/c1-7-2-4-8(5-3-7)6-9(11)10(12)13/h7-9H,2-6,11H2,1H3,(H,12,13). The van der Waals surface area contributed by atoms with Crippen LogP contribution < -0.4 is 5.73 Å². The average Bonchev–Trinajstić information content (AvgIpc) is 2.08. The zero-order valence-corrected chi connectivity index (χ0v) is 8.20. The summed E-state index contributed by atoms with van der Waals surface area (Å²) in [6.45, 7) is 2.26. The van der Waals surface area contributed by atoms with Crippen molar-refractivity contribution in [3.63, 3.8) is 0 Å². The van der Waals surface area contributed by atoms with Crippen molar-refractivity contribution >= 4 is 5.97 Å². The van der Waals surface area contributed by atoms with E-state index < -0.39 is 12.0 Å². The predicted octanol–water partition coefficient (Wildman–Crippen LogP) is 1.61. The van der Waals surface area contributed by atoms with E-state index in [1.165, 1.54) is 12.8 Å². The fourth-order valence-electron chi connectivity index (χ4n) is 2.02. The molecule has 0 radical (unpaired) electrons. The molecule has 0 aliphatic heterocycles. The Balaban J connectivity index is 2.26. The van der Waals surface area contributed by atoms with Crippen molar-refractivity contribution < 1.29 is 9.90 Å². The van der Waals surface area contributed by atoms with Gasteiger partial charge in [-0.1, -0.05) is 32.6 Å². The smallest absolute Gasteiger partial charge is 0.320 e. The van der Waals surface area contributed by atoms with Crippen LogP contribution in [0.4, 0.5) is 0 Å². The largest absolute Gasteiger partial charge is 0.480 e. The lowest BCUT2D eigenvalue weighted by Gasteiger charge is -2.26. The molecule has 0 aromatic rings. The van der Waals surface area contributed by atoms with Gasteiger partial charge in [0.2, 0.25) is 0 Å². The molecule has 0 saturated heterocycles. The summed E-state index contributed by atoms with van der Waals surface area (Å²) >= 11 is 0. The number of hydrogen-bond acceptors (Lipinski definition) is 2. The van der Waals surface area contributed by atoms with Gasteiger partial charge in [0.1, 0.15) is 6.04 Å². The third-order valence-corrected chi connectivity index (χ3v) is 3.04. The maximum Gasteiger partial charge on any atom is 0.320 e. The first-order valence-electron chi connectivity index (χ1n) is 5.08. The minimum Gasteiger partial charge on any atom is -0.480 e. The normalized spacial score (nSPS) is 31.2. The number of carboxylic acids is 1. The maximum atomic E-state index is 10.5. The molecule has 3 nitrogen and oxygen atoms in total. The Morgan fingerprint density at radius 2 is 2.00 bits per heavy atom. The predicted molar refractivity (Wildman–Crippen MR) is 51.4 cm³/mol. The Morgan fingerprint density at radius 3 is 2.46 bits per heavy atom. The minimum absolute atomic E-state index is 0.544. The van der Waals surface area contributed by atoms with Crippen LogP contribution in [0.1, 0.15) is 39.0 Å². The van der Waals surface area contributed by atoms with Crippen LogP contribution in [0.3, 0.4) is 0 Å². The number of carbonyl (C=O) groups is 1. The molecule has 3 N–H and O–H groups in total. The van der Waals surface area contributed by atoms with Crippen LogP contribution in [-0.4, -0.2) is 17.1 Å². The van der Waals surface area contributed by atoms with Crippen molar-refractivity contribution in [2.75, 3.05) is 0 Å². The lowest BCUT2D eigenvalue weighted by Crippen LogP contribution is -2.33. The highest BCUT2D eigenvalue weighted by molar-refractivity contribution is 5.73. The van der Waals surface area contributed by atoms with Crippen LogP contribution in [0.15, 0.2) is 0 Å². The van der Waals surface area contributed by atoms with Crippen LogP contribution in [0.2, 0.25) is 0 Å². The van der Waals surface area contributed by atoms with Crippen LogP contribution in [0.5, 0.6) is 0 Å². The van der Waals surface area contributed by atoms with Gasteiger partial charge in [0.25, 0.3) is 0 Å². The van der Waals surface area contributed by atoms with E-state index >= 15 is 0 Å². The second-order valence-corrected chi connectivity index (χ2v) is 4.31. The number of nitrogens with two attached hydrogens (primary N) is 1. The molecule has 76 valence electrons. The lowest BCUT2D eigenvalue weighted by molar-refractivity contribution is -0.139. The van der Waals surface area contributed by atoms with E-state index in [0.29, 0.717) is 12.3 Å². The maximum absolute atomic E-state index is 10.5. The molecule has 3 heteroatoms. The van der Waals surface area contributed by atoms with Gasteiger partial charge in [-0.3, -0.25) is 4.79 Å². The second kappa shape index (κ2) is 4.61. The minimum atomic E-state index is -0.862. The molecule has 0 spiro atoms. The number of rotatable bonds is 3. The van der Waals surface area contributed by atoms with Crippen molar-refractivity contribution in [1.29, 1.82) is 0 Å². The first-order chi connectivity index (χ1) is 6.09. The van der Waals surface area contributed by atoms with Gasteiger partial charge in [0.15, 0.2) is 0 Å². The van der Waals surface area contributed by atoms with E-state index in [0.717, 1.165) is 18.8 Å². The van der Waals surface area contributed by atoms with E-state index in [1.807, 2.05) is 0 Å². The first kappa shape index (κ1) is 10.5. The fraction of sp³-hybridized carbons (Fsp3) is 0.900. The Morgan fingerprint density at radius 1 is 1.46 bits per heavy atom. The van der Waals surface area contributed by atoms with E-state index in [4.69, 9.17) is 10.8 Å². The summed E-state index contributed by atoms with van der Waals surface area (Å²) < 4.78 is 0. The van der Waals surface area contributed by atoms with Crippen LogP contribution in [-0.2, 0) is 4.79 Å². The van der Waals surface area contributed by atoms with Gasteiger partial charge in [-0.05, 0) is 18.3 Å². The first-order valence-corrected chi connectivity index (χ1v) is 5.08. The highest BCUT2D eigenvalue weighted by Crippen LogP contribution is 2.30. The molecule has 0 aromatic heterocycles. The third kappa shape index (κ3) is 3.35. The van der Waals surface area contributed by atoms with E-state index in [-0.39, 0.29) is 0 Å². The highest BCUT2D eigenvalue weighted by Gasteiger charge is 2.22. The van der Waals surface area contributed by atoms with Crippen LogP contribution in [0.25, 0.3) is 0 Å². The summed E-state index contributed by atoms with van der Waals surface area (Å²) in [6.07, 6.45) is 5.43. The number of hydrogen-bond donors (Lipinski definition) is 2. The summed E-state index contributed by atoms with van der Waals surface area (Å²) in [6, 6.07) is -0.654. The molecular formula is C10H19NO2. The van der Waals surface area contributed by atoms with Crippen molar-refractivity contribution in [3.05, 3.63) is 0 Å². The van der Waals surface area contributed by atoms with E-state index in [1.54, 1.807) is 0 Å². The van der Waals surface area contributed by atoms with E-state index in [9.17, 15) is 4.79 Å². The van der Waals surface area contributed by atoms with E-state index in [2.05, 4.69) is 6.92 Å². The van der Waals surface area contributed by atoms with Gasteiger partial charge in [-0.15, -0.1) is 0 Å². The molecule has 0 bridgehead atoms. The zero-order chi connectivity index (χ0) is 9.84. The van der Waals surface area contributed by atoms with Crippen LogP contribution >= 0.6 is 0 Å². The van der Waals surface area contributed by atoms with Crippen LogP contribution in [0, 0.1) is 11.8 Å². The average molecular weight is 185 g/mol. The summed E-state index contributed by atoms with van der Waals surface area (Å²) in [5.41, 5.74) is 5.48. The van der Waals surface area contributed by atoms with Crippen molar-refractivity contribution in [3.8, 4) is 0 Å². The van der Waals surface area contributed by atoms with Crippen molar-refractivity contribution in [1.82, 2.24) is 0 Å². The molecule has 1 aliphatic carbocycles. The van der Waals surface area contributed by atoms with Crippen molar-refractivity contribution in [2.24, 2.45) is 17.6 Å². The molecule has 13 heavy (non-hydrogen) atoms. The van der Waals surface area contributed by atoms with Crippen molar-refractivity contribution in [2.45, 2.75) is 45.1 Å². The lowest BCUT2D eigenvalue weighted by atomic mass is 9.80. The quantitative estimate of drug-likeness (QED) is 0.702. The Bertz CT molecular complexity index is 174. The Labute approximate surface area is 79.3 Å². The zero-order valence-electron chi connectivity index (χ0n) is 8.20. The Kier molecular flexibility index (Phi) is 3.72. The monoisotopic (exact) mass is 185 g/mol. The Hall–Kier alpha value is -0.570. The summed E-state index contributed by atoms with van der Waals surface area (Å²) in [5, 5.41) is 8.64. The molecule has 1 saturated carbocycles. The van der Waals surface area contributed by atoms with Gasteiger partial charge in [-0.2, -0.15) is 0 Å². The van der Waals surface area contributed by atoms with Gasteiger partial charge in [0, 0.05) is 0 Å². The summed E-state index contributed by atoms with van der Waals surface area (Å²) in [5.74, 6) is 0.498.